The molecule has 3 aromatic rings. The summed E-state index contributed by atoms with van der Waals surface area (Å²) in [5, 5.41) is 13.6. The molecule has 0 aliphatic rings. The van der Waals surface area contributed by atoms with Gasteiger partial charge in [-0.25, -0.2) is 4.68 Å². The molecule has 0 fully saturated rings. The molecule has 1 aromatic heterocycles. The van der Waals surface area contributed by atoms with Crippen molar-refractivity contribution in [2.75, 3.05) is 5.32 Å². The normalized spacial score (nSPS) is 11.3. The maximum absolute atomic E-state index is 12.7. The van der Waals surface area contributed by atoms with Crippen LogP contribution in [0.3, 0.4) is 0 Å². The van der Waals surface area contributed by atoms with Crippen molar-refractivity contribution in [3.8, 4) is 11.4 Å². The zero-order chi connectivity index (χ0) is 17.9. The number of hydrogen-bond acceptors (Lipinski definition) is 4. The van der Waals surface area contributed by atoms with E-state index in [-0.39, 0.29) is 12.2 Å². The fourth-order valence-corrected chi connectivity index (χ4v) is 2.21. The molecule has 1 amide bonds. The summed E-state index contributed by atoms with van der Waals surface area (Å²) < 4.78 is 39.4. The Kier molecular flexibility index (Phi) is 4.46. The molecule has 3 rings (SSSR count). The van der Waals surface area contributed by atoms with Gasteiger partial charge in [-0.2, -0.15) is 13.2 Å². The fourth-order valence-electron chi connectivity index (χ4n) is 2.21. The molecule has 0 saturated heterocycles. The third kappa shape index (κ3) is 4.00. The van der Waals surface area contributed by atoms with Gasteiger partial charge >= 0.3 is 6.18 Å². The van der Waals surface area contributed by atoms with Crippen LogP contribution >= 0.6 is 0 Å². The molecule has 0 spiro atoms. The van der Waals surface area contributed by atoms with E-state index < -0.39 is 17.6 Å². The molecule has 0 radical (unpaired) electrons. The maximum atomic E-state index is 12.7. The number of benzene rings is 2. The van der Waals surface area contributed by atoms with E-state index in [1.54, 1.807) is 24.3 Å². The monoisotopic (exact) mass is 347 g/mol. The highest BCUT2D eigenvalue weighted by Gasteiger charge is 2.30. The van der Waals surface area contributed by atoms with Crippen LogP contribution in [-0.2, 0) is 17.5 Å². The van der Waals surface area contributed by atoms with Crippen LogP contribution in [0.1, 0.15) is 5.56 Å². The number of carbonyl (C=O) groups is 1. The minimum absolute atomic E-state index is 0.0501. The Hall–Kier alpha value is -3.23. The molecule has 0 atom stereocenters. The predicted molar refractivity (Wildman–Crippen MR) is 83.3 cm³/mol. The number of aromatic nitrogens is 4. The number of halogens is 3. The summed E-state index contributed by atoms with van der Waals surface area (Å²) in [4.78, 5) is 12.1. The molecule has 0 bridgehead atoms. The molecule has 25 heavy (non-hydrogen) atoms. The van der Waals surface area contributed by atoms with Crippen LogP contribution < -0.4 is 5.32 Å². The Labute approximate surface area is 140 Å². The van der Waals surface area contributed by atoms with Gasteiger partial charge in [0.25, 0.3) is 0 Å². The third-order valence-corrected chi connectivity index (χ3v) is 3.33. The minimum Gasteiger partial charge on any atom is -0.324 e. The van der Waals surface area contributed by atoms with Crippen molar-refractivity contribution in [1.82, 2.24) is 20.2 Å². The lowest BCUT2D eigenvalue weighted by molar-refractivity contribution is -0.137. The standard InChI is InChI=1S/C16H12F3N5O/c17-16(18,19)12-7-4-8-13(9-12)20-14(25)10-24-15(21-22-23-24)11-5-2-1-3-6-11/h1-9H,10H2,(H,20,25). The average Bonchev–Trinajstić information content (AvgIpc) is 3.03. The molecule has 0 aliphatic heterocycles. The van der Waals surface area contributed by atoms with E-state index in [2.05, 4.69) is 20.8 Å². The SMILES string of the molecule is O=C(Cn1nnnc1-c1ccccc1)Nc1cccc(C(F)(F)F)c1. The van der Waals surface area contributed by atoms with E-state index >= 15 is 0 Å². The number of hydrogen-bond donors (Lipinski definition) is 1. The van der Waals surface area contributed by atoms with E-state index in [9.17, 15) is 18.0 Å². The van der Waals surface area contributed by atoms with Crippen LogP contribution in [0.2, 0.25) is 0 Å². The summed E-state index contributed by atoms with van der Waals surface area (Å²) >= 11 is 0. The molecule has 1 N–H and O–H groups in total. The summed E-state index contributed by atoms with van der Waals surface area (Å²) in [6.45, 7) is -0.229. The first-order chi connectivity index (χ1) is 11.9. The lowest BCUT2D eigenvalue weighted by Gasteiger charge is -2.10. The first-order valence-electron chi connectivity index (χ1n) is 7.22. The number of nitrogens with zero attached hydrogens (tertiary/aromatic N) is 4. The second-order valence-corrected chi connectivity index (χ2v) is 5.15. The van der Waals surface area contributed by atoms with E-state index in [0.29, 0.717) is 5.82 Å². The van der Waals surface area contributed by atoms with E-state index in [1.165, 1.54) is 16.8 Å². The van der Waals surface area contributed by atoms with Gasteiger partial charge in [0.05, 0.1) is 5.56 Å². The van der Waals surface area contributed by atoms with E-state index in [1.807, 2.05) is 6.07 Å². The van der Waals surface area contributed by atoms with Gasteiger partial charge in [0.2, 0.25) is 5.91 Å². The molecule has 128 valence electrons. The number of alkyl halides is 3. The number of nitrogens with one attached hydrogen (secondary N) is 1. The van der Waals surface area contributed by atoms with E-state index in [4.69, 9.17) is 0 Å². The highest BCUT2D eigenvalue weighted by Crippen LogP contribution is 2.30. The first-order valence-corrected chi connectivity index (χ1v) is 7.22. The first kappa shape index (κ1) is 16.6. The topological polar surface area (TPSA) is 72.7 Å². The molecule has 0 unspecified atom stereocenters. The van der Waals surface area contributed by atoms with E-state index in [0.717, 1.165) is 17.7 Å². The predicted octanol–water partition coefficient (Wildman–Crippen LogP) is 3.00. The third-order valence-electron chi connectivity index (χ3n) is 3.33. The summed E-state index contributed by atoms with van der Waals surface area (Å²) in [6, 6.07) is 13.4. The van der Waals surface area contributed by atoms with Gasteiger partial charge in [-0.05, 0) is 28.6 Å². The smallest absolute Gasteiger partial charge is 0.324 e. The van der Waals surface area contributed by atoms with Gasteiger partial charge in [0.15, 0.2) is 5.82 Å². The Morgan fingerprint density at radius 2 is 1.84 bits per heavy atom. The van der Waals surface area contributed by atoms with Crippen LogP contribution in [0.25, 0.3) is 11.4 Å². The lowest BCUT2D eigenvalue weighted by Crippen LogP contribution is -2.20. The number of tetrazole rings is 1. The van der Waals surface area contributed by atoms with Crippen LogP contribution in [0.4, 0.5) is 18.9 Å². The molecule has 0 saturated carbocycles. The Bertz CT molecular complexity index is 877. The quantitative estimate of drug-likeness (QED) is 0.787. The second kappa shape index (κ2) is 6.71. The molecular weight excluding hydrogens is 335 g/mol. The van der Waals surface area contributed by atoms with Crippen molar-refractivity contribution in [3.63, 3.8) is 0 Å². The van der Waals surface area contributed by atoms with Crippen LogP contribution in [0.5, 0.6) is 0 Å². The summed E-state index contributed by atoms with van der Waals surface area (Å²) in [7, 11) is 0. The maximum Gasteiger partial charge on any atom is 0.416 e. The van der Waals surface area contributed by atoms with Crippen LogP contribution in [0, 0.1) is 0 Å². The Balaban J connectivity index is 1.73. The second-order valence-electron chi connectivity index (χ2n) is 5.15. The van der Waals surface area contributed by atoms with Gasteiger partial charge in [-0.3, -0.25) is 4.79 Å². The van der Waals surface area contributed by atoms with Crippen molar-refractivity contribution in [1.29, 1.82) is 0 Å². The zero-order valence-corrected chi connectivity index (χ0v) is 12.7. The molecular formula is C16H12F3N5O. The molecule has 0 aliphatic carbocycles. The molecule has 9 heteroatoms. The van der Waals surface area contributed by atoms with Gasteiger partial charge in [-0.1, -0.05) is 36.4 Å². The Morgan fingerprint density at radius 3 is 2.56 bits per heavy atom. The summed E-state index contributed by atoms with van der Waals surface area (Å²) in [5.41, 5.74) is -0.0637. The molecule has 6 nitrogen and oxygen atoms in total. The van der Waals surface area contributed by atoms with Gasteiger partial charge < -0.3 is 5.32 Å². The largest absolute Gasteiger partial charge is 0.416 e. The lowest BCUT2D eigenvalue weighted by atomic mass is 10.2. The number of carbonyl (C=O) groups excluding carboxylic acids is 1. The summed E-state index contributed by atoms with van der Waals surface area (Å²) in [5.74, 6) is -0.149. The highest BCUT2D eigenvalue weighted by molar-refractivity contribution is 5.90. The molecule has 1 heterocycles. The Morgan fingerprint density at radius 1 is 1.08 bits per heavy atom. The number of rotatable bonds is 4. The fraction of sp³-hybridized carbons (Fsp3) is 0.125. The van der Waals surface area contributed by atoms with Crippen molar-refractivity contribution in [3.05, 3.63) is 60.2 Å². The van der Waals surface area contributed by atoms with Gasteiger partial charge in [-0.15, -0.1) is 5.10 Å². The van der Waals surface area contributed by atoms with Crippen molar-refractivity contribution in [2.45, 2.75) is 12.7 Å². The minimum atomic E-state index is -4.48. The zero-order valence-electron chi connectivity index (χ0n) is 12.7. The van der Waals surface area contributed by atoms with Crippen molar-refractivity contribution < 1.29 is 18.0 Å². The average molecular weight is 347 g/mol. The van der Waals surface area contributed by atoms with Crippen molar-refractivity contribution in [2.24, 2.45) is 0 Å². The van der Waals surface area contributed by atoms with Crippen molar-refractivity contribution >= 4 is 11.6 Å². The summed E-state index contributed by atoms with van der Waals surface area (Å²) in [6.07, 6.45) is -4.48. The molecule has 2 aromatic carbocycles. The van der Waals surface area contributed by atoms with Crippen LogP contribution in [-0.4, -0.2) is 26.1 Å². The van der Waals surface area contributed by atoms with Crippen LogP contribution in [0.15, 0.2) is 54.6 Å². The highest BCUT2D eigenvalue weighted by atomic mass is 19.4. The number of amides is 1. The van der Waals surface area contributed by atoms with Gasteiger partial charge in [0, 0.05) is 11.3 Å². The number of anilines is 1. The van der Waals surface area contributed by atoms with Gasteiger partial charge in [0.1, 0.15) is 6.54 Å².